The van der Waals surface area contributed by atoms with Gasteiger partial charge in [0.2, 0.25) is 0 Å². The Morgan fingerprint density at radius 3 is 2.43 bits per heavy atom. The van der Waals surface area contributed by atoms with Gasteiger partial charge in [-0.2, -0.15) is 0 Å². The van der Waals surface area contributed by atoms with Gasteiger partial charge in [-0.25, -0.2) is 0 Å². The summed E-state index contributed by atoms with van der Waals surface area (Å²) >= 11 is 9.42. The van der Waals surface area contributed by atoms with E-state index in [4.69, 9.17) is 17.3 Å². The Labute approximate surface area is 97.8 Å². The quantitative estimate of drug-likeness (QED) is 0.833. The molecule has 0 bridgehead atoms. The highest BCUT2D eigenvalue weighted by atomic mass is 79.9. The maximum atomic E-state index is 6.03. The highest BCUT2D eigenvalue weighted by Gasteiger charge is 2.56. The minimum atomic E-state index is 0.219. The predicted molar refractivity (Wildman–Crippen MR) is 63.6 cm³/mol. The molecule has 1 aromatic carbocycles. The summed E-state index contributed by atoms with van der Waals surface area (Å²) in [5.41, 5.74) is 7.52. The van der Waals surface area contributed by atoms with Gasteiger partial charge in [-0.15, -0.1) is 0 Å². The normalized spacial score (nSPS) is 28.9. The van der Waals surface area contributed by atoms with Crippen LogP contribution in [0.3, 0.4) is 0 Å². The Hall–Kier alpha value is -0.0500. The van der Waals surface area contributed by atoms with Gasteiger partial charge in [0.25, 0.3) is 0 Å². The zero-order chi connectivity index (χ0) is 10.5. The molecule has 1 aliphatic rings. The van der Waals surface area contributed by atoms with E-state index in [-0.39, 0.29) is 11.5 Å². The van der Waals surface area contributed by atoms with E-state index in [1.807, 2.05) is 12.1 Å². The first kappa shape index (κ1) is 10.5. The molecular formula is C11H13BrClN. The second kappa shape index (κ2) is 3.22. The van der Waals surface area contributed by atoms with Gasteiger partial charge in [-0.3, -0.25) is 0 Å². The van der Waals surface area contributed by atoms with Crippen molar-refractivity contribution in [2.75, 3.05) is 0 Å². The van der Waals surface area contributed by atoms with Crippen molar-refractivity contribution in [1.82, 2.24) is 0 Å². The summed E-state index contributed by atoms with van der Waals surface area (Å²) in [4.78, 5) is 0. The SMILES string of the molecule is CC1(C)C(N)C1c1ccc(Cl)cc1Br. The van der Waals surface area contributed by atoms with Gasteiger partial charge in [0.15, 0.2) is 0 Å². The molecule has 14 heavy (non-hydrogen) atoms. The average Bonchev–Trinajstić information content (AvgIpc) is 2.54. The molecule has 2 atom stereocenters. The number of nitrogens with two attached hydrogens (primary N) is 1. The third-order valence-electron chi connectivity index (χ3n) is 3.21. The lowest BCUT2D eigenvalue weighted by Gasteiger charge is -2.05. The lowest BCUT2D eigenvalue weighted by Crippen LogP contribution is -2.06. The topological polar surface area (TPSA) is 26.0 Å². The van der Waals surface area contributed by atoms with Gasteiger partial charge in [0.1, 0.15) is 0 Å². The molecule has 0 radical (unpaired) electrons. The minimum Gasteiger partial charge on any atom is -0.327 e. The van der Waals surface area contributed by atoms with Crippen LogP contribution in [0.15, 0.2) is 22.7 Å². The molecule has 1 saturated carbocycles. The second-order valence-electron chi connectivity index (χ2n) is 4.49. The van der Waals surface area contributed by atoms with Gasteiger partial charge in [0, 0.05) is 21.5 Å². The molecule has 1 fully saturated rings. The molecule has 0 amide bonds. The van der Waals surface area contributed by atoms with Gasteiger partial charge in [-0.1, -0.05) is 47.4 Å². The van der Waals surface area contributed by atoms with Crippen molar-refractivity contribution < 1.29 is 0 Å². The maximum Gasteiger partial charge on any atom is 0.0417 e. The van der Waals surface area contributed by atoms with E-state index >= 15 is 0 Å². The number of hydrogen-bond donors (Lipinski definition) is 1. The first-order chi connectivity index (χ1) is 6.44. The van der Waals surface area contributed by atoms with Crippen molar-refractivity contribution in [1.29, 1.82) is 0 Å². The molecule has 1 aromatic rings. The van der Waals surface area contributed by atoms with E-state index in [0.717, 1.165) is 9.50 Å². The number of benzene rings is 1. The van der Waals surface area contributed by atoms with E-state index in [1.165, 1.54) is 5.56 Å². The Kier molecular flexibility index (Phi) is 2.41. The van der Waals surface area contributed by atoms with Crippen molar-refractivity contribution in [3.63, 3.8) is 0 Å². The smallest absolute Gasteiger partial charge is 0.0417 e. The molecule has 0 aliphatic heterocycles. The summed E-state index contributed by atoms with van der Waals surface area (Å²) in [6, 6.07) is 6.17. The van der Waals surface area contributed by atoms with Crippen molar-refractivity contribution >= 4 is 27.5 Å². The standard InChI is InChI=1S/C11H13BrClN/c1-11(2)9(10(11)14)7-4-3-6(13)5-8(7)12/h3-5,9-10H,14H2,1-2H3. The highest BCUT2D eigenvalue weighted by Crippen LogP contribution is 2.58. The lowest BCUT2D eigenvalue weighted by atomic mass is 10.0. The van der Waals surface area contributed by atoms with Crippen LogP contribution in [0.5, 0.6) is 0 Å². The number of rotatable bonds is 1. The predicted octanol–water partition coefficient (Wildman–Crippen LogP) is 3.55. The summed E-state index contributed by atoms with van der Waals surface area (Å²) in [6.45, 7) is 4.40. The van der Waals surface area contributed by atoms with Crippen molar-refractivity contribution in [2.24, 2.45) is 11.1 Å². The summed E-state index contributed by atoms with van der Waals surface area (Å²) in [5, 5.41) is 0.757. The lowest BCUT2D eigenvalue weighted by molar-refractivity contribution is 0.598. The monoisotopic (exact) mass is 273 g/mol. The fraction of sp³-hybridized carbons (Fsp3) is 0.455. The molecule has 1 aliphatic carbocycles. The van der Waals surface area contributed by atoms with E-state index in [1.54, 1.807) is 0 Å². The van der Waals surface area contributed by atoms with Crippen LogP contribution in [0, 0.1) is 5.41 Å². The average molecular weight is 275 g/mol. The molecule has 1 nitrogen and oxygen atoms in total. The molecule has 76 valence electrons. The van der Waals surface area contributed by atoms with Crippen LogP contribution >= 0.6 is 27.5 Å². The largest absolute Gasteiger partial charge is 0.327 e. The van der Waals surface area contributed by atoms with Crippen molar-refractivity contribution in [3.8, 4) is 0 Å². The Morgan fingerprint density at radius 1 is 1.43 bits per heavy atom. The highest BCUT2D eigenvalue weighted by molar-refractivity contribution is 9.10. The minimum absolute atomic E-state index is 0.219. The maximum absolute atomic E-state index is 6.03. The van der Waals surface area contributed by atoms with Crippen molar-refractivity contribution in [3.05, 3.63) is 33.3 Å². The Balaban J connectivity index is 2.36. The van der Waals surface area contributed by atoms with Crippen LogP contribution in [0.1, 0.15) is 25.3 Å². The van der Waals surface area contributed by atoms with Crippen LogP contribution < -0.4 is 5.73 Å². The van der Waals surface area contributed by atoms with Crippen LogP contribution in [-0.4, -0.2) is 6.04 Å². The molecule has 0 spiro atoms. The second-order valence-corrected chi connectivity index (χ2v) is 5.78. The fourth-order valence-electron chi connectivity index (χ4n) is 2.03. The zero-order valence-corrected chi connectivity index (χ0v) is 10.6. The van der Waals surface area contributed by atoms with Crippen LogP contribution in [0.25, 0.3) is 0 Å². The Morgan fingerprint density at radius 2 is 2.00 bits per heavy atom. The van der Waals surface area contributed by atoms with Crippen LogP contribution in [0.2, 0.25) is 5.02 Å². The molecule has 2 unspecified atom stereocenters. The molecule has 0 saturated heterocycles. The first-order valence-corrected chi connectivity index (χ1v) is 5.82. The summed E-state index contributed by atoms with van der Waals surface area (Å²) in [5.74, 6) is 0.453. The van der Waals surface area contributed by atoms with Gasteiger partial charge in [-0.05, 0) is 23.1 Å². The van der Waals surface area contributed by atoms with E-state index in [0.29, 0.717) is 5.92 Å². The zero-order valence-electron chi connectivity index (χ0n) is 8.22. The molecule has 3 heteroatoms. The molecule has 2 N–H and O–H groups in total. The van der Waals surface area contributed by atoms with Gasteiger partial charge >= 0.3 is 0 Å². The number of halogens is 2. The molecule has 0 aromatic heterocycles. The third kappa shape index (κ3) is 1.50. The molecule has 0 heterocycles. The van der Waals surface area contributed by atoms with Crippen molar-refractivity contribution in [2.45, 2.75) is 25.8 Å². The fourth-order valence-corrected chi connectivity index (χ4v) is 2.95. The van der Waals surface area contributed by atoms with Crippen LogP contribution in [0.4, 0.5) is 0 Å². The summed E-state index contributed by atoms with van der Waals surface area (Å²) in [7, 11) is 0. The summed E-state index contributed by atoms with van der Waals surface area (Å²) < 4.78 is 1.07. The molecular weight excluding hydrogens is 261 g/mol. The first-order valence-electron chi connectivity index (χ1n) is 4.65. The molecule has 2 rings (SSSR count). The van der Waals surface area contributed by atoms with E-state index < -0.39 is 0 Å². The Bertz CT molecular complexity index is 376. The van der Waals surface area contributed by atoms with Crippen LogP contribution in [-0.2, 0) is 0 Å². The van der Waals surface area contributed by atoms with E-state index in [9.17, 15) is 0 Å². The van der Waals surface area contributed by atoms with Gasteiger partial charge in [0.05, 0.1) is 0 Å². The summed E-state index contributed by atoms with van der Waals surface area (Å²) in [6.07, 6.45) is 0. The van der Waals surface area contributed by atoms with E-state index in [2.05, 4.69) is 35.8 Å². The third-order valence-corrected chi connectivity index (χ3v) is 4.13. The van der Waals surface area contributed by atoms with Gasteiger partial charge < -0.3 is 5.73 Å². The number of hydrogen-bond acceptors (Lipinski definition) is 1.